The summed E-state index contributed by atoms with van der Waals surface area (Å²) in [5.41, 5.74) is 5.35. The van der Waals surface area contributed by atoms with Crippen LogP contribution in [0.15, 0.2) is 23.6 Å². The Hall–Kier alpha value is -1.43. The normalized spacial score (nSPS) is 22.5. The summed E-state index contributed by atoms with van der Waals surface area (Å²) in [5.74, 6) is 0.346. The average Bonchev–Trinajstić information content (AvgIpc) is 3.01. The van der Waals surface area contributed by atoms with Crippen LogP contribution in [-0.4, -0.2) is 24.0 Å². The number of nitrogens with one attached hydrogen (secondary N) is 2. The fourth-order valence-corrected chi connectivity index (χ4v) is 5.31. The van der Waals surface area contributed by atoms with Crippen LogP contribution in [0.25, 0.3) is 11.3 Å². The van der Waals surface area contributed by atoms with Crippen molar-refractivity contribution in [2.75, 3.05) is 18.4 Å². The number of benzene rings is 1. The lowest BCUT2D eigenvalue weighted by atomic mass is 9.92. The number of carbonyl (C=O) groups is 1. The van der Waals surface area contributed by atoms with Crippen LogP contribution >= 0.6 is 23.7 Å². The predicted octanol–water partition coefficient (Wildman–Crippen LogP) is 4.05. The maximum atomic E-state index is 12.6. The van der Waals surface area contributed by atoms with Crippen LogP contribution < -0.4 is 10.6 Å². The minimum atomic E-state index is 0. The molecule has 5 rings (SSSR count). The van der Waals surface area contributed by atoms with Crippen molar-refractivity contribution in [1.82, 2.24) is 10.3 Å². The van der Waals surface area contributed by atoms with Gasteiger partial charge in [0.25, 0.3) is 0 Å². The van der Waals surface area contributed by atoms with Gasteiger partial charge in [0.2, 0.25) is 5.91 Å². The summed E-state index contributed by atoms with van der Waals surface area (Å²) in [6.45, 7) is 2.09. The smallest absolute Gasteiger partial charge is 0.229 e. The highest BCUT2D eigenvalue weighted by Gasteiger charge is 2.57. The van der Waals surface area contributed by atoms with Gasteiger partial charge in [0.15, 0.2) is 5.13 Å². The molecule has 2 aliphatic carbocycles. The summed E-state index contributed by atoms with van der Waals surface area (Å²) in [5, 5.41) is 9.24. The molecule has 2 N–H and O–H groups in total. The number of amides is 1. The summed E-state index contributed by atoms with van der Waals surface area (Å²) >= 11 is 1.53. The van der Waals surface area contributed by atoms with E-state index in [1.807, 2.05) is 0 Å². The highest BCUT2D eigenvalue weighted by atomic mass is 35.5. The summed E-state index contributed by atoms with van der Waals surface area (Å²) in [6.07, 6.45) is 6.94. The van der Waals surface area contributed by atoms with Gasteiger partial charge in [-0.05, 0) is 74.2 Å². The summed E-state index contributed by atoms with van der Waals surface area (Å²) in [7, 11) is 0. The Morgan fingerprint density at radius 1 is 1.23 bits per heavy atom. The molecule has 1 spiro atoms. The molecular weight excluding hydrogens is 366 g/mol. The third-order valence-electron chi connectivity index (χ3n) is 6.23. The molecule has 1 atom stereocenters. The van der Waals surface area contributed by atoms with Crippen molar-refractivity contribution in [2.24, 2.45) is 11.3 Å². The third kappa shape index (κ3) is 3.17. The molecule has 26 heavy (non-hydrogen) atoms. The lowest BCUT2D eigenvalue weighted by Gasteiger charge is -2.22. The first kappa shape index (κ1) is 18.0. The minimum absolute atomic E-state index is 0. The number of fused-ring (bicyclic) bond motifs is 1. The summed E-state index contributed by atoms with van der Waals surface area (Å²) < 4.78 is 0. The molecule has 3 aliphatic rings. The van der Waals surface area contributed by atoms with Gasteiger partial charge in [-0.2, -0.15) is 0 Å². The number of hydrogen-bond donors (Lipinski definition) is 2. The van der Waals surface area contributed by atoms with Crippen molar-refractivity contribution in [2.45, 2.75) is 38.5 Å². The van der Waals surface area contributed by atoms with Gasteiger partial charge in [0, 0.05) is 16.9 Å². The molecule has 1 aliphatic heterocycles. The van der Waals surface area contributed by atoms with Crippen LogP contribution in [0.3, 0.4) is 0 Å². The average molecular weight is 390 g/mol. The number of rotatable bonds is 3. The van der Waals surface area contributed by atoms with E-state index in [0.717, 1.165) is 43.2 Å². The lowest BCUT2D eigenvalue weighted by Crippen LogP contribution is -2.31. The van der Waals surface area contributed by atoms with E-state index >= 15 is 0 Å². The van der Waals surface area contributed by atoms with E-state index in [1.54, 1.807) is 0 Å². The van der Waals surface area contributed by atoms with Crippen LogP contribution in [0.1, 0.15) is 36.8 Å². The number of halogens is 1. The Balaban J connectivity index is 0.00000168. The van der Waals surface area contributed by atoms with Gasteiger partial charge in [-0.25, -0.2) is 4.98 Å². The molecule has 1 saturated heterocycles. The number of anilines is 1. The third-order valence-corrected chi connectivity index (χ3v) is 6.99. The van der Waals surface area contributed by atoms with Gasteiger partial charge in [-0.15, -0.1) is 23.7 Å². The van der Waals surface area contributed by atoms with Gasteiger partial charge < -0.3 is 10.6 Å². The van der Waals surface area contributed by atoms with Crippen molar-refractivity contribution in [3.63, 3.8) is 0 Å². The molecule has 138 valence electrons. The molecular formula is C20H24ClN3OS. The van der Waals surface area contributed by atoms with Gasteiger partial charge in [0.05, 0.1) is 5.69 Å². The predicted molar refractivity (Wildman–Crippen MR) is 108 cm³/mol. The van der Waals surface area contributed by atoms with Gasteiger partial charge in [-0.1, -0.05) is 12.1 Å². The van der Waals surface area contributed by atoms with E-state index in [-0.39, 0.29) is 29.6 Å². The minimum Gasteiger partial charge on any atom is -0.317 e. The number of thiazole rings is 1. The van der Waals surface area contributed by atoms with E-state index in [0.29, 0.717) is 0 Å². The van der Waals surface area contributed by atoms with Gasteiger partial charge in [0.1, 0.15) is 0 Å². The van der Waals surface area contributed by atoms with Crippen LogP contribution in [0, 0.1) is 11.3 Å². The molecule has 1 saturated carbocycles. The molecule has 1 aromatic heterocycles. The monoisotopic (exact) mass is 389 g/mol. The highest BCUT2D eigenvalue weighted by Crippen LogP contribution is 2.58. The van der Waals surface area contributed by atoms with Crippen molar-refractivity contribution in [3.05, 3.63) is 34.7 Å². The first-order chi connectivity index (χ1) is 12.2. The SMILES string of the molecule is Cl.O=C(Nc1nc(-c2ccc3c(c2)CCC3)cs1)C1CC12CCNCC2. The number of nitrogens with zero attached hydrogens (tertiary/aromatic N) is 1. The standard InChI is InChI=1S/C20H23N3OS.ClH/c24-18(16-11-20(16)6-8-21-9-7-20)23-19-22-17(12-25-19)15-5-4-13-2-1-3-14(13)10-15;/h4-5,10,12,16,21H,1-3,6-9,11H2,(H,22,23,24);1H. The second kappa shape index (κ2) is 6.95. The van der Waals surface area contributed by atoms with E-state index in [1.165, 1.54) is 47.3 Å². The molecule has 6 heteroatoms. The van der Waals surface area contributed by atoms with Crippen molar-refractivity contribution in [3.8, 4) is 11.3 Å². The molecule has 2 fully saturated rings. The van der Waals surface area contributed by atoms with Crippen molar-refractivity contribution in [1.29, 1.82) is 0 Å². The molecule has 1 amide bonds. The van der Waals surface area contributed by atoms with Crippen LogP contribution in [0.5, 0.6) is 0 Å². The Morgan fingerprint density at radius 2 is 2.04 bits per heavy atom. The first-order valence-electron chi connectivity index (χ1n) is 9.33. The second-order valence-corrected chi connectivity index (χ2v) is 8.59. The van der Waals surface area contributed by atoms with E-state index in [4.69, 9.17) is 0 Å². The first-order valence-corrected chi connectivity index (χ1v) is 10.2. The van der Waals surface area contributed by atoms with Crippen LogP contribution in [-0.2, 0) is 17.6 Å². The second-order valence-electron chi connectivity index (χ2n) is 7.73. The fraction of sp³-hybridized carbons (Fsp3) is 0.500. The topological polar surface area (TPSA) is 54.0 Å². The molecule has 4 nitrogen and oxygen atoms in total. The maximum Gasteiger partial charge on any atom is 0.229 e. The van der Waals surface area contributed by atoms with E-state index < -0.39 is 0 Å². The Labute approximate surface area is 164 Å². The number of piperidine rings is 1. The van der Waals surface area contributed by atoms with Crippen LogP contribution in [0.4, 0.5) is 5.13 Å². The zero-order valence-corrected chi connectivity index (χ0v) is 16.3. The number of aryl methyl sites for hydroxylation is 2. The largest absolute Gasteiger partial charge is 0.317 e. The quantitative estimate of drug-likeness (QED) is 0.832. The maximum absolute atomic E-state index is 12.6. The summed E-state index contributed by atoms with van der Waals surface area (Å²) in [4.78, 5) is 17.2. The Kier molecular flexibility index (Phi) is 4.80. The van der Waals surface area contributed by atoms with Crippen LogP contribution in [0.2, 0.25) is 0 Å². The number of aromatic nitrogens is 1. The molecule has 2 heterocycles. The zero-order valence-electron chi connectivity index (χ0n) is 14.7. The Bertz CT molecular complexity index is 828. The van der Waals surface area contributed by atoms with Crippen molar-refractivity contribution < 1.29 is 4.79 Å². The lowest BCUT2D eigenvalue weighted by molar-refractivity contribution is -0.118. The number of hydrogen-bond acceptors (Lipinski definition) is 4. The zero-order chi connectivity index (χ0) is 16.9. The van der Waals surface area contributed by atoms with Gasteiger partial charge in [-0.3, -0.25) is 4.79 Å². The molecule has 2 aromatic rings. The van der Waals surface area contributed by atoms with E-state index in [2.05, 4.69) is 39.2 Å². The molecule has 1 unspecified atom stereocenters. The number of carbonyl (C=O) groups excluding carboxylic acids is 1. The fourth-order valence-electron chi connectivity index (χ4n) is 4.58. The van der Waals surface area contributed by atoms with Crippen molar-refractivity contribution >= 4 is 34.8 Å². The Morgan fingerprint density at radius 3 is 2.88 bits per heavy atom. The molecule has 0 radical (unpaired) electrons. The summed E-state index contributed by atoms with van der Waals surface area (Å²) in [6, 6.07) is 6.67. The molecule has 1 aromatic carbocycles. The molecule has 0 bridgehead atoms. The van der Waals surface area contributed by atoms with E-state index in [9.17, 15) is 4.79 Å². The highest BCUT2D eigenvalue weighted by molar-refractivity contribution is 7.14. The van der Waals surface area contributed by atoms with Gasteiger partial charge >= 0.3 is 0 Å².